The van der Waals surface area contributed by atoms with Crippen molar-refractivity contribution in [1.29, 1.82) is 0 Å². The molecule has 110 valence electrons. The zero-order valence-electron chi connectivity index (χ0n) is 11.6. The second kappa shape index (κ2) is 5.48. The molecule has 1 aromatic rings. The highest BCUT2D eigenvalue weighted by Crippen LogP contribution is 2.38. The van der Waals surface area contributed by atoms with Crippen molar-refractivity contribution in [1.82, 2.24) is 9.78 Å². The summed E-state index contributed by atoms with van der Waals surface area (Å²) >= 11 is 0. The summed E-state index contributed by atoms with van der Waals surface area (Å²) in [5.74, 6) is -0.660. The normalized spacial score (nSPS) is 14.3. The molecule has 1 heterocycles. The Balaban J connectivity index is 2.49. The quantitative estimate of drug-likeness (QED) is 0.601. The van der Waals surface area contributed by atoms with Crippen molar-refractivity contribution >= 4 is 17.5 Å². The van der Waals surface area contributed by atoms with E-state index in [4.69, 9.17) is 5.11 Å². The SMILES string of the molecule is CCCn1nc(C)c([N+](=O)[O-])c1N(CC(=O)O)C1CC1. The summed E-state index contributed by atoms with van der Waals surface area (Å²) < 4.78 is 1.56. The number of carboxylic acids is 1. The molecule has 2 rings (SSSR count). The average Bonchev–Trinajstić information content (AvgIpc) is 3.11. The van der Waals surface area contributed by atoms with Crippen molar-refractivity contribution in [2.45, 2.75) is 45.7 Å². The van der Waals surface area contributed by atoms with Crippen LogP contribution < -0.4 is 4.90 Å². The van der Waals surface area contributed by atoms with Gasteiger partial charge in [-0.05, 0) is 26.2 Å². The van der Waals surface area contributed by atoms with Crippen LogP contribution in [0, 0.1) is 17.0 Å². The lowest BCUT2D eigenvalue weighted by Crippen LogP contribution is -2.34. The topological polar surface area (TPSA) is 101 Å². The van der Waals surface area contributed by atoms with Gasteiger partial charge in [0.25, 0.3) is 0 Å². The maximum Gasteiger partial charge on any atom is 0.333 e. The Morgan fingerprint density at radius 1 is 1.60 bits per heavy atom. The molecule has 0 saturated heterocycles. The monoisotopic (exact) mass is 282 g/mol. The van der Waals surface area contributed by atoms with E-state index < -0.39 is 10.9 Å². The van der Waals surface area contributed by atoms with Gasteiger partial charge in [-0.1, -0.05) is 6.92 Å². The number of carbonyl (C=O) groups is 1. The number of hydrogen-bond donors (Lipinski definition) is 1. The summed E-state index contributed by atoms with van der Waals surface area (Å²) in [7, 11) is 0. The maximum absolute atomic E-state index is 11.3. The number of anilines is 1. The highest BCUT2D eigenvalue weighted by molar-refractivity contribution is 5.76. The molecule has 20 heavy (non-hydrogen) atoms. The third-order valence-electron chi connectivity index (χ3n) is 3.25. The number of carboxylic acid groups (broad SMARTS) is 1. The van der Waals surface area contributed by atoms with Gasteiger partial charge in [0.05, 0.1) is 4.92 Å². The standard InChI is InChI=1S/C12H18N4O4/c1-3-6-15-12(11(16(19)20)8(2)13-15)14(7-10(17)18)9-4-5-9/h9H,3-7H2,1-2H3,(H,17,18). The zero-order chi connectivity index (χ0) is 14.9. The van der Waals surface area contributed by atoms with Crippen LogP contribution in [0.2, 0.25) is 0 Å². The first-order valence-electron chi connectivity index (χ1n) is 6.66. The second-order valence-corrected chi connectivity index (χ2v) is 4.99. The highest BCUT2D eigenvalue weighted by Gasteiger charge is 2.38. The van der Waals surface area contributed by atoms with E-state index in [0.29, 0.717) is 18.1 Å². The number of aromatic nitrogens is 2. The second-order valence-electron chi connectivity index (χ2n) is 4.99. The molecule has 8 heteroatoms. The third-order valence-corrected chi connectivity index (χ3v) is 3.25. The molecule has 0 aliphatic heterocycles. The van der Waals surface area contributed by atoms with Crippen LogP contribution in [0.25, 0.3) is 0 Å². The fourth-order valence-electron chi connectivity index (χ4n) is 2.33. The number of aryl methyl sites for hydroxylation is 2. The lowest BCUT2D eigenvalue weighted by molar-refractivity contribution is -0.384. The summed E-state index contributed by atoms with van der Waals surface area (Å²) in [4.78, 5) is 23.4. The Kier molecular flexibility index (Phi) is 3.91. The molecule has 8 nitrogen and oxygen atoms in total. The van der Waals surface area contributed by atoms with E-state index in [9.17, 15) is 14.9 Å². The Labute approximate surface area is 116 Å². The van der Waals surface area contributed by atoms with Gasteiger partial charge in [-0.15, -0.1) is 0 Å². The summed E-state index contributed by atoms with van der Waals surface area (Å²) in [5, 5.41) is 24.5. The Bertz CT molecular complexity index is 536. The van der Waals surface area contributed by atoms with Crippen molar-refractivity contribution in [3.63, 3.8) is 0 Å². The van der Waals surface area contributed by atoms with Crippen molar-refractivity contribution in [3.05, 3.63) is 15.8 Å². The molecule has 1 saturated carbocycles. The van der Waals surface area contributed by atoms with Gasteiger partial charge in [-0.25, -0.2) is 4.68 Å². The molecule has 0 atom stereocenters. The van der Waals surface area contributed by atoms with Crippen LogP contribution in [0.1, 0.15) is 31.9 Å². The predicted molar refractivity (Wildman–Crippen MR) is 71.9 cm³/mol. The van der Waals surface area contributed by atoms with Gasteiger partial charge in [0.15, 0.2) is 0 Å². The van der Waals surface area contributed by atoms with Crippen molar-refractivity contribution in [3.8, 4) is 0 Å². The van der Waals surface area contributed by atoms with Crippen molar-refractivity contribution in [2.24, 2.45) is 0 Å². The Hall–Kier alpha value is -2.12. The first-order chi connectivity index (χ1) is 9.45. The van der Waals surface area contributed by atoms with Crippen molar-refractivity contribution in [2.75, 3.05) is 11.4 Å². The Morgan fingerprint density at radius 2 is 2.25 bits per heavy atom. The van der Waals surface area contributed by atoms with Crippen LogP contribution in [0.3, 0.4) is 0 Å². The molecule has 0 radical (unpaired) electrons. The molecule has 0 spiro atoms. The van der Waals surface area contributed by atoms with E-state index in [1.165, 1.54) is 0 Å². The Morgan fingerprint density at radius 3 is 2.70 bits per heavy atom. The van der Waals surface area contributed by atoms with E-state index in [2.05, 4.69) is 5.10 Å². The molecule has 0 aromatic carbocycles. The summed E-state index contributed by atoms with van der Waals surface area (Å²) in [6, 6.07) is 0.0662. The lowest BCUT2D eigenvalue weighted by Gasteiger charge is -2.22. The first-order valence-corrected chi connectivity index (χ1v) is 6.66. The van der Waals surface area contributed by atoms with Crippen LogP contribution in [-0.4, -0.2) is 38.4 Å². The number of hydrogen-bond acceptors (Lipinski definition) is 5. The minimum Gasteiger partial charge on any atom is -0.480 e. The fraction of sp³-hybridized carbons (Fsp3) is 0.667. The highest BCUT2D eigenvalue weighted by atomic mass is 16.6. The molecular formula is C12H18N4O4. The number of nitrogens with zero attached hydrogens (tertiary/aromatic N) is 4. The minimum absolute atomic E-state index is 0.0662. The van der Waals surface area contributed by atoms with E-state index in [-0.39, 0.29) is 18.3 Å². The molecule has 1 N–H and O–H groups in total. The molecule has 1 aliphatic carbocycles. The first kappa shape index (κ1) is 14.3. The number of aliphatic carboxylic acids is 1. The van der Waals surface area contributed by atoms with Gasteiger partial charge in [0.2, 0.25) is 5.82 Å². The minimum atomic E-state index is -0.993. The van der Waals surface area contributed by atoms with E-state index in [1.54, 1.807) is 16.5 Å². The van der Waals surface area contributed by atoms with Gasteiger partial charge >= 0.3 is 11.7 Å². The third kappa shape index (κ3) is 2.73. The van der Waals surface area contributed by atoms with Crippen LogP contribution >= 0.6 is 0 Å². The summed E-state index contributed by atoms with van der Waals surface area (Å²) in [5.41, 5.74) is 0.251. The molecular weight excluding hydrogens is 264 g/mol. The van der Waals surface area contributed by atoms with Crippen LogP contribution in [0.15, 0.2) is 0 Å². The molecule has 0 unspecified atom stereocenters. The van der Waals surface area contributed by atoms with Crippen molar-refractivity contribution < 1.29 is 14.8 Å². The molecule has 0 bridgehead atoms. The van der Waals surface area contributed by atoms with E-state index >= 15 is 0 Å². The van der Waals surface area contributed by atoms with Gasteiger partial charge in [-0.2, -0.15) is 5.10 Å². The summed E-state index contributed by atoms with van der Waals surface area (Å²) in [6.07, 6.45) is 2.50. The maximum atomic E-state index is 11.3. The molecule has 1 aliphatic rings. The number of nitro groups is 1. The average molecular weight is 282 g/mol. The molecule has 0 amide bonds. The van der Waals surface area contributed by atoms with E-state index in [1.807, 2.05) is 6.92 Å². The van der Waals surface area contributed by atoms with E-state index in [0.717, 1.165) is 19.3 Å². The summed E-state index contributed by atoms with van der Waals surface area (Å²) in [6.45, 7) is 3.83. The van der Waals surface area contributed by atoms with Crippen LogP contribution in [0.4, 0.5) is 11.5 Å². The lowest BCUT2D eigenvalue weighted by atomic mass is 10.3. The smallest absolute Gasteiger partial charge is 0.333 e. The fourth-order valence-corrected chi connectivity index (χ4v) is 2.33. The number of rotatable bonds is 7. The van der Waals surface area contributed by atoms with Gasteiger partial charge in [-0.3, -0.25) is 14.9 Å². The largest absolute Gasteiger partial charge is 0.480 e. The molecule has 1 aromatic heterocycles. The van der Waals surface area contributed by atoms with Gasteiger partial charge < -0.3 is 10.0 Å². The van der Waals surface area contributed by atoms with Crippen LogP contribution in [-0.2, 0) is 11.3 Å². The molecule has 1 fully saturated rings. The zero-order valence-corrected chi connectivity index (χ0v) is 11.6. The predicted octanol–water partition coefficient (Wildman–Crippen LogP) is 1.56. The van der Waals surface area contributed by atoms with Gasteiger partial charge in [0, 0.05) is 12.6 Å². The van der Waals surface area contributed by atoms with Gasteiger partial charge in [0.1, 0.15) is 12.2 Å². The van der Waals surface area contributed by atoms with Crippen LogP contribution in [0.5, 0.6) is 0 Å².